The summed E-state index contributed by atoms with van der Waals surface area (Å²) in [5.41, 5.74) is 3.85. The molecule has 1 aromatic carbocycles. The first-order valence-corrected chi connectivity index (χ1v) is 8.94. The van der Waals surface area contributed by atoms with Crippen molar-refractivity contribution in [1.82, 2.24) is 0 Å². The predicted octanol–water partition coefficient (Wildman–Crippen LogP) is 4.13. The average molecular weight is 340 g/mol. The van der Waals surface area contributed by atoms with E-state index < -0.39 is 0 Å². The molecule has 3 rings (SSSR count). The quantitative estimate of drug-likeness (QED) is 0.910. The van der Waals surface area contributed by atoms with E-state index in [9.17, 15) is 10.1 Å². The van der Waals surface area contributed by atoms with Gasteiger partial charge in [-0.2, -0.15) is 5.26 Å². The number of carbonyl (C=O) groups is 1. The Morgan fingerprint density at radius 2 is 2.12 bits per heavy atom. The first kappa shape index (κ1) is 16.5. The summed E-state index contributed by atoms with van der Waals surface area (Å²) in [4.78, 5) is 13.5. The normalized spacial score (nSPS) is 13.0. The van der Waals surface area contributed by atoms with Crippen molar-refractivity contribution in [1.29, 1.82) is 5.26 Å². The van der Waals surface area contributed by atoms with Crippen molar-refractivity contribution in [3.8, 4) is 11.8 Å². The number of nitrogens with zero attached hydrogens (tertiary/aromatic N) is 1. The number of thiophene rings is 1. The van der Waals surface area contributed by atoms with Crippen LogP contribution < -0.4 is 10.1 Å². The molecule has 4 nitrogen and oxygen atoms in total. The molecule has 0 saturated carbocycles. The van der Waals surface area contributed by atoms with Gasteiger partial charge in [-0.05, 0) is 62.3 Å². The smallest absolute Gasteiger partial charge is 0.262 e. The maximum atomic E-state index is 12.2. The second kappa shape index (κ2) is 7.06. The van der Waals surface area contributed by atoms with E-state index in [1.54, 1.807) is 0 Å². The Kier molecular flexibility index (Phi) is 4.86. The highest BCUT2D eigenvalue weighted by molar-refractivity contribution is 7.16. The lowest BCUT2D eigenvalue weighted by atomic mass is 9.96. The van der Waals surface area contributed by atoms with Gasteiger partial charge in [0.15, 0.2) is 6.61 Å². The van der Waals surface area contributed by atoms with Gasteiger partial charge in [0, 0.05) is 4.88 Å². The van der Waals surface area contributed by atoms with E-state index in [0.29, 0.717) is 10.6 Å². The zero-order chi connectivity index (χ0) is 17.1. The fourth-order valence-corrected chi connectivity index (χ4v) is 4.20. The first-order valence-electron chi connectivity index (χ1n) is 8.13. The van der Waals surface area contributed by atoms with Crippen LogP contribution in [0, 0.1) is 25.2 Å². The predicted molar refractivity (Wildman–Crippen MR) is 95.7 cm³/mol. The Morgan fingerprint density at radius 3 is 2.92 bits per heavy atom. The molecule has 0 spiro atoms. The Balaban J connectivity index is 1.68. The topological polar surface area (TPSA) is 62.1 Å². The number of anilines is 1. The fraction of sp³-hybridized carbons (Fsp3) is 0.368. The number of aryl methyl sites for hydroxylation is 3. The molecule has 0 atom stereocenters. The first-order chi connectivity index (χ1) is 11.6. The summed E-state index contributed by atoms with van der Waals surface area (Å²) in [6.07, 6.45) is 4.20. The molecule has 24 heavy (non-hydrogen) atoms. The van der Waals surface area contributed by atoms with E-state index >= 15 is 0 Å². The van der Waals surface area contributed by atoms with E-state index in [0.717, 1.165) is 48.1 Å². The van der Waals surface area contributed by atoms with Gasteiger partial charge in [0.05, 0.1) is 5.56 Å². The lowest BCUT2D eigenvalue weighted by Crippen LogP contribution is -2.20. The van der Waals surface area contributed by atoms with Crippen LogP contribution in [0.5, 0.6) is 5.75 Å². The van der Waals surface area contributed by atoms with Gasteiger partial charge in [0.2, 0.25) is 0 Å². The van der Waals surface area contributed by atoms with Crippen LogP contribution in [-0.4, -0.2) is 12.5 Å². The number of fused-ring (bicyclic) bond motifs is 1. The number of hydrogen-bond acceptors (Lipinski definition) is 4. The Labute approximate surface area is 146 Å². The molecule has 0 radical (unpaired) electrons. The highest BCUT2D eigenvalue weighted by Crippen LogP contribution is 2.37. The summed E-state index contributed by atoms with van der Waals surface area (Å²) in [7, 11) is 0. The molecule has 1 amide bonds. The van der Waals surface area contributed by atoms with E-state index in [4.69, 9.17) is 4.74 Å². The van der Waals surface area contributed by atoms with E-state index in [-0.39, 0.29) is 12.5 Å². The number of amides is 1. The molecule has 0 unspecified atom stereocenters. The number of rotatable bonds is 4. The molecule has 0 fully saturated rings. The fourth-order valence-electron chi connectivity index (χ4n) is 2.94. The van der Waals surface area contributed by atoms with Gasteiger partial charge in [0.1, 0.15) is 16.8 Å². The summed E-state index contributed by atoms with van der Waals surface area (Å²) in [5, 5.41) is 12.9. The van der Waals surface area contributed by atoms with Gasteiger partial charge in [-0.25, -0.2) is 0 Å². The van der Waals surface area contributed by atoms with Crippen LogP contribution in [0.1, 0.15) is 40.0 Å². The van der Waals surface area contributed by atoms with Crippen LogP contribution in [0.2, 0.25) is 0 Å². The highest BCUT2D eigenvalue weighted by Gasteiger charge is 2.21. The van der Waals surface area contributed by atoms with Crippen LogP contribution in [-0.2, 0) is 17.6 Å². The third-order valence-electron chi connectivity index (χ3n) is 4.24. The summed E-state index contributed by atoms with van der Waals surface area (Å²) in [5.74, 6) is 0.488. The second-order valence-corrected chi connectivity index (χ2v) is 7.24. The molecule has 0 aliphatic heterocycles. The molecule has 0 saturated heterocycles. The molecule has 0 bridgehead atoms. The number of nitriles is 1. The molecule has 1 N–H and O–H groups in total. The molecule has 1 aliphatic carbocycles. The van der Waals surface area contributed by atoms with Crippen molar-refractivity contribution in [3.63, 3.8) is 0 Å². The SMILES string of the molecule is Cc1ccc(C)c(OCC(=O)Nc2sc3c(c2C#N)CCCC3)c1. The Bertz CT molecular complexity index is 818. The van der Waals surface area contributed by atoms with Gasteiger partial charge in [-0.1, -0.05) is 12.1 Å². The summed E-state index contributed by atoms with van der Waals surface area (Å²) < 4.78 is 5.64. The van der Waals surface area contributed by atoms with Crippen molar-refractivity contribution in [2.75, 3.05) is 11.9 Å². The molecule has 1 heterocycles. The number of ether oxygens (including phenoxy) is 1. The number of benzene rings is 1. The summed E-state index contributed by atoms with van der Waals surface area (Å²) >= 11 is 1.53. The van der Waals surface area contributed by atoms with Gasteiger partial charge in [-0.3, -0.25) is 4.79 Å². The number of hydrogen-bond donors (Lipinski definition) is 1. The standard InChI is InChI=1S/C19H20N2O2S/c1-12-7-8-13(2)16(9-12)23-11-18(22)21-19-15(10-20)14-5-3-4-6-17(14)24-19/h7-9H,3-6,11H2,1-2H3,(H,21,22). The monoisotopic (exact) mass is 340 g/mol. The summed E-state index contributed by atoms with van der Waals surface area (Å²) in [6, 6.07) is 8.17. The van der Waals surface area contributed by atoms with Crippen molar-refractivity contribution in [3.05, 3.63) is 45.3 Å². The van der Waals surface area contributed by atoms with Crippen LogP contribution in [0.4, 0.5) is 5.00 Å². The third-order valence-corrected chi connectivity index (χ3v) is 5.45. The zero-order valence-electron chi connectivity index (χ0n) is 13.9. The largest absolute Gasteiger partial charge is 0.483 e. The maximum absolute atomic E-state index is 12.2. The van der Waals surface area contributed by atoms with Crippen molar-refractivity contribution in [2.24, 2.45) is 0 Å². The molecule has 2 aromatic rings. The highest BCUT2D eigenvalue weighted by atomic mass is 32.1. The summed E-state index contributed by atoms with van der Waals surface area (Å²) in [6.45, 7) is 3.88. The van der Waals surface area contributed by atoms with E-state index in [2.05, 4.69) is 11.4 Å². The lowest BCUT2D eigenvalue weighted by Gasteiger charge is -2.10. The molecule has 124 valence electrons. The van der Waals surface area contributed by atoms with Crippen LogP contribution in [0.25, 0.3) is 0 Å². The van der Waals surface area contributed by atoms with Crippen molar-refractivity contribution >= 4 is 22.2 Å². The van der Waals surface area contributed by atoms with Crippen LogP contribution in [0.15, 0.2) is 18.2 Å². The minimum atomic E-state index is -0.231. The number of carbonyl (C=O) groups excluding carboxylic acids is 1. The molecule has 5 heteroatoms. The van der Waals surface area contributed by atoms with Gasteiger partial charge in [-0.15, -0.1) is 11.3 Å². The third kappa shape index (κ3) is 3.44. The Hall–Kier alpha value is -2.32. The van der Waals surface area contributed by atoms with Crippen molar-refractivity contribution in [2.45, 2.75) is 39.5 Å². The maximum Gasteiger partial charge on any atom is 0.262 e. The van der Waals surface area contributed by atoms with Crippen molar-refractivity contribution < 1.29 is 9.53 Å². The molecule has 1 aromatic heterocycles. The van der Waals surface area contributed by atoms with Crippen LogP contribution in [0.3, 0.4) is 0 Å². The minimum absolute atomic E-state index is 0.0578. The number of nitrogens with one attached hydrogen (secondary N) is 1. The van der Waals surface area contributed by atoms with Gasteiger partial charge >= 0.3 is 0 Å². The minimum Gasteiger partial charge on any atom is -0.483 e. The second-order valence-electron chi connectivity index (χ2n) is 6.13. The molecular formula is C19H20N2O2S. The Morgan fingerprint density at radius 1 is 1.33 bits per heavy atom. The molecule has 1 aliphatic rings. The van der Waals surface area contributed by atoms with E-state index in [1.165, 1.54) is 16.2 Å². The van der Waals surface area contributed by atoms with Gasteiger partial charge < -0.3 is 10.1 Å². The molecular weight excluding hydrogens is 320 g/mol. The lowest BCUT2D eigenvalue weighted by molar-refractivity contribution is -0.118. The average Bonchev–Trinajstić information content (AvgIpc) is 2.92. The van der Waals surface area contributed by atoms with Crippen LogP contribution >= 0.6 is 11.3 Å². The zero-order valence-corrected chi connectivity index (χ0v) is 14.8. The van der Waals surface area contributed by atoms with E-state index in [1.807, 2.05) is 32.0 Å². The van der Waals surface area contributed by atoms with Gasteiger partial charge in [0.25, 0.3) is 5.91 Å².